The van der Waals surface area contributed by atoms with Crippen LogP contribution < -0.4 is 15.6 Å². The Morgan fingerprint density at radius 1 is 1.15 bits per heavy atom. The number of phenols is 1. The summed E-state index contributed by atoms with van der Waals surface area (Å²) in [6.45, 7) is 7.63. The molecule has 40 heavy (non-hydrogen) atoms. The van der Waals surface area contributed by atoms with Crippen LogP contribution >= 0.6 is 7.37 Å². The number of anilines is 1. The minimum absolute atomic E-state index is 0.0152. The highest BCUT2D eigenvalue weighted by molar-refractivity contribution is 7.57. The molecule has 2 amide bonds. The highest BCUT2D eigenvalue weighted by Crippen LogP contribution is 2.61. The minimum atomic E-state index is -2.59. The van der Waals surface area contributed by atoms with Crippen molar-refractivity contribution in [2.24, 2.45) is 23.0 Å². The van der Waals surface area contributed by atoms with Gasteiger partial charge in [-0.1, -0.05) is 19.1 Å². The van der Waals surface area contributed by atoms with E-state index < -0.39 is 13.3 Å². The molecule has 3 aliphatic carbocycles. The molecule has 0 saturated heterocycles. The SMILES string of the molecule is Cc1ccc(NC(=O)CCO[C@@H]2CCC3C4CCc5cc(OP(C)(C)=O)ccc5C4CC[C@]32C)c(O)c1C(N)=O. The highest BCUT2D eigenvalue weighted by atomic mass is 31.2. The van der Waals surface area contributed by atoms with Gasteiger partial charge in [0, 0.05) is 13.3 Å². The van der Waals surface area contributed by atoms with E-state index in [9.17, 15) is 19.3 Å². The van der Waals surface area contributed by atoms with Crippen LogP contribution in [0.2, 0.25) is 0 Å². The van der Waals surface area contributed by atoms with Crippen LogP contribution in [0, 0.1) is 24.2 Å². The molecule has 0 bridgehead atoms. The Kier molecular flexibility index (Phi) is 7.79. The third-order valence-electron chi connectivity index (χ3n) is 9.49. The molecule has 0 aliphatic heterocycles. The summed E-state index contributed by atoms with van der Waals surface area (Å²) in [6.07, 6.45) is 6.73. The third-order valence-corrected chi connectivity index (χ3v) is 10.1. The van der Waals surface area contributed by atoms with E-state index in [1.165, 1.54) is 11.1 Å². The Hall–Kier alpha value is -2.83. The number of hydrogen-bond donors (Lipinski definition) is 3. The van der Waals surface area contributed by atoms with E-state index in [1.807, 2.05) is 6.07 Å². The molecule has 0 heterocycles. The highest BCUT2D eigenvalue weighted by Gasteiger charge is 2.55. The van der Waals surface area contributed by atoms with Gasteiger partial charge < -0.3 is 25.4 Å². The fourth-order valence-corrected chi connectivity index (χ4v) is 8.33. The molecule has 4 N–H and O–H groups in total. The van der Waals surface area contributed by atoms with E-state index in [0.29, 0.717) is 35.7 Å². The number of amides is 2. The predicted molar refractivity (Wildman–Crippen MR) is 155 cm³/mol. The summed E-state index contributed by atoms with van der Waals surface area (Å²) >= 11 is 0. The van der Waals surface area contributed by atoms with Crippen LogP contribution in [0.5, 0.6) is 11.5 Å². The molecule has 0 spiro atoms. The van der Waals surface area contributed by atoms with Crippen molar-refractivity contribution in [3.63, 3.8) is 0 Å². The number of aromatic hydroxyl groups is 1. The first-order valence-corrected chi connectivity index (χ1v) is 16.8. The molecule has 2 saturated carbocycles. The second-order valence-electron chi connectivity index (χ2n) is 12.4. The molecule has 9 heteroatoms. The van der Waals surface area contributed by atoms with Gasteiger partial charge in [0.15, 0.2) is 5.75 Å². The van der Waals surface area contributed by atoms with Crippen molar-refractivity contribution in [3.8, 4) is 11.5 Å². The van der Waals surface area contributed by atoms with Crippen molar-refractivity contribution in [2.45, 2.75) is 70.8 Å². The maximum absolute atomic E-state index is 12.6. The van der Waals surface area contributed by atoms with Crippen molar-refractivity contribution in [1.29, 1.82) is 0 Å². The number of nitrogens with two attached hydrogens (primary N) is 1. The molecule has 5 rings (SSSR count). The van der Waals surface area contributed by atoms with E-state index in [0.717, 1.165) is 38.5 Å². The zero-order valence-electron chi connectivity index (χ0n) is 23.9. The molecule has 0 aromatic heterocycles. The Balaban J connectivity index is 1.19. The number of fused-ring (bicyclic) bond motifs is 5. The standard InChI is InChI=1S/C31H41N2O6P/c1-18-5-11-25(29(35)28(18)30(32)36)33-27(34)14-16-38-26-12-10-24-23-8-6-19-17-20(39-40(3,4)37)7-9-21(19)22(23)13-15-31(24,26)2/h5,7,9,11,17,22-24,26,35H,6,8,10,12-16H2,1-4H3,(H2,32,36)(H,33,34)/t22?,23?,24?,26-,31-/m1/s1. The summed E-state index contributed by atoms with van der Waals surface area (Å²) in [5, 5.41) is 13.1. The molecule has 3 aliphatic rings. The summed E-state index contributed by atoms with van der Waals surface area (Å²) in [5.41, 5.74) is 8.95. The third kappa shape index (κ3) is 5.53. The first-order chi connectivity index (χ1) is 18.9. The van der Waals surface area contributed by atoms with Crippen LogP contribution in [0.1, 0.15) is 78.4 Å². The molecule has 5 atom stereocenters. The maximum atomic E-state index is 12.6. The van der Waals surface area contributed by atoms with Crippen molar-refractivity contribution in [1.82, 2.24) is 0 Å². The monoisotopic (exact) mass is 568 g/mol. The molecule has 3 unspecified atom stereocenters. The molecule has 8 nitrogen and oxygen atoms in total. The lowest BCUT2D eigenvalue weighted by Gasteiger charge is -2.50. The molecule has 2 aromatic rings. The van der Waals surface area contributed by atoms with Gasteiger partial charge in [-0.3, -0.25) is 14.2 Å². The van der Waals surface area contributed by atoms with Crippen LogP contribution in [0.25, 0.3) is 0 Å². The topological polar surface area (TPSA) is 128 Å². The zero-order chi connectivity index (χ0) is 28.8. The van der Waals surface area contributed by atoms with E-state index in [1.54, 1.807) is 32.4 Å². The van der Waals surface area contributed by atoms with Crippen LogP contribution in [-0.2, 0) is 20.5 Å². The number of benzene rings is 2. The number of aryl methyl sites for hydroxylation is 2. The van der Waals surface area contributed by atoms with E-state index >= 15 is 0 Å². The predicted octanol–water partition coefficient (Wildman–Crippen LogP) is 5.99. The molecule has 216 valence electrons. The van der Waals surface area contributed by atoms with E-state index in [-0.39, 0.29) is 40.8 Å². The van der Waals surface area contributed by atoms with Gasteiger partial charge >= 0.3 is 0 Å². The van der Waals surface area contributed by atoms with Gasteiger partial charge in [0.2, 0.25) is 13.3 Å². The molecular formula is C31H41N2O6P. The number of carbonyl (C=O) groups excluding carboxylic acids is 2. The Labute approximate surface area is 236 Å². The van der Waals surface area contributed by atoms with Gasteiger partial charge in [-0.2, -0.15) is 0 Å². The summed E-state index contributed by atoms with van der Waals surface area (Å²) in [6, 6.07) is 9.48. The smallest absolute Gasteiger partial charge is 0.252 e. The average molecular weight is 569 g/mol. The second kappa shape index (κ2) is 10.9. The van der Waals surface area contributed by atoms with Crippen molar-refractivity contribution >= 4 is 24.9 Å². The molecule has 2 fully saturated rings. The van der Waals surface area contributed by atoms with E-state index in [2.05, 4.69) is 24.4 Å². The quantitative estimate of drug-likeness (QED) is 0.265. The summed E-state index contributed by atoms with van der Waals surface area (Å²) in [7, 11) is -2.59. The lowest BCUT2D eigenvalue weighted by atomic mass is 9.55. The van der Waals surface area contributed by atoms with Crippen LogP contribution in [0.4, 0.5) is 5.69 Å². The normalized spacial score (nSPS) is 27.3. The Morgan fingerprint density at radius 3 is 2.65 bits per heavy atom. The fourth-order valence-electron chi connectivity index (χ4n) is 7.71. The van der Waals surface area contributed by atoms with Gasteiger partial charge in [0.1, 0.15) is 5.75 Å². The van der Waals surface area contributed by atoms with Gasteiger partial charge in [0.25, 0.3) is 5.91 Å². The van der Waals surface area contributed by atoms with Crippen LogP contribution in [0.3, 0.4) is 0 Å². The second-order valence-corrected chi connectivity index (χ2v) is 15.1. The molecular weight excluding hydrogens is 527 g/mol. The Morgan fingerprint density at radius 2 is 1.93 bits per heavy atom. The number of rotatable bonds is 8. The average Bonchev–Trinajstić information content (AvgIpc) is 3.20. The first-order valence-electron chi connectivity index (χ1n) is 14.3. The number of hydrogen-bond acceptors (Lipinski definition) is 6. The molecule has 0 radical (unpaired) electrons. The molecule has 2 aromatic carbocycles. The Bertz CT molecular complexity index is 1370. The van der Waals surface area contributed by atoms with Gasteiger partial charge in [0.05, 0.1) is 30.4 Å². The van der Waals surface area contributed by atoms with Crippen molar-refractivity contribution in [3.05, 3.63) is 52.6 Å². The summed E-state index contributed by atoms with van der Waals surface area (Å²) in [4.78, 5) is 24.3. The van der Waals surface area contributed by atoms with Crippen molar-refractivity contribution in [2.75, 3.05) is 25.3 Å². The van der Waals surface area contributed by atoms with Gasteiger partial charge in [-0.25, -0.2) is 0 Å². The van der Waals surface area contributed by atoms with Crippen molar-refractivity contribution < 1.29 is 28.5 Å². The lowest BCUT2D eigenvalue weighted by molar-refractivity contribution is -0.119. The number of primary amides is 1. The lowest BCUT2D eigenvalue weighted by Crippen LogP contribution is -2.44. The largest absolute Gasteiger partial charge is 0.505 e. The van der Waals surface area contributed by atoms with Crippen LogP contribution in [0.15, 0.2) is 30.3 Å². The van der Waals surface area contributed by atoms with Gasteiger partial charge in [-0.15, -0.1) is 0 Å². The van der Waals surface area contributed by atoms with Crippen LogP contribution in [-0.4, -0.2) is 43.0 Å². The maximum Gasteiger partial charge on any atom is 0.252 e. The minimum Gasteiger partial charge on any atom is -0.505 e. The summed E-state index contributed by atoms with van der Waals surface area (Å²) in [5.74, 6) is 1.10. The van der Waals surface area contributed by atoms with E-state index in [4.69, 9.17) is 15.0 Å². The zero-order valence-corrected chi connectivity index (χ0v) is 24.8. The first kappa shape index (κ1) is 28.7. The fraction of sp³-hybridized carbons (Fsp3) is 0.548. The number of carbonyl (C=O) groups is 2. The number of ether oxygens (including phenoxy) is 1. The number of nitrogens with one attached hydrogen (secondary N) is 1. The van der Waals surface area contributed by atoms with Gasteiger partial charge in [-0.05, 0) is 104 Å². The summed E-state index contributed by atoms with van der Waals surface area (Å²) < 4.78 is 24.2.